The highest BCUT2D eigenvalue weighted by atomic mass is 79.9. The van der Waals surface area contributed by atoms with Crippen molar-refractivity contribution in [2.24, 2.45) is 0 Å². The maximum absolute atomic E-state index is 13.3. The molecule has 1 aromatic carbocycles. The van der Waals surface area contributed by atoms with Gasteiger partial charge < -0.3 is 5.32 Å². The third-order valence-corrected chi connectivity index (χ3v) is 4.14. The van der Waals surface area contributed by atoms with Gasteiger partial charge in [0.1, 0.15) is 5.82 Å². The van der Waals surface area contributed by atoms with Crippen LogP contribution in [-0.4, -0.2) is 16.5 Å². The number of rotatable bonds is 2. The fourth-order valence-corrected chi connectivity index (χ4v) is 2.85. The monoisotopic (exact) mass is 335 g/mol. The summed E-state index contributed by atoms with van der Waals surface area (Å²) in [5.74, 6) is 0.412. The van der Waals surface area contributed by atoms with Crippen LogP contribution in [0, 0.1) is 5.82 Å². The molecule has 20 heavy (non-hydrogen) atoms. The molecule has 0 radical (unpaired) electrons. The van der Waals surface area contributed by atoms with Crippen molar-refractivity contribution in [2.75, 3.05) is 6.54 Å². The fourth-order valence-electron chi connectivity index (χ4n) is 2.47. The Morgan fingerprint density at radius 3 is 2.95 bits per heavy atom. The van der Waals surface area contributed by atoms with Crippen molar-refractivity contribution in [3.05, 3.63) is 45.4 Å². The molecule has 1 aromatic heterocycles. The zero-order valence-electron chi connectivity index (χ0n) is 11.2. The topological polar surface area (TPSA) is 37.8 Å². The number of fused-ring (bicyclic) bond motifs is 1. The molecule has 3 rings (SSSR count). The highest BCUT2D eigenvalue weighted by Gasteiger charge is 2.17. The Kier molecular flexibility index (Phi) is 3.81. The van der Waals surface area contributed by atoms with E-state index in [2.05, 4.69) is 38.1 Å². The number of aryl methyl sites for hydroxylation is 1. The van der Waals surface area contributed by atoms with E-state index in [4.69, 9.17) is 0 Å². The molecule has 1 aliphatic rings. The normalized spacial score (nSPS) is 14.2. The molecule has 0 unspecified atom stereocenters. The van der Waals surface area contributed by atoms with Gasteiger partial charge in [0.15, 0.2) is 5.82 Å². The summed E-state index contributed by atoms with van der Waals surface area (Å²) in [7, 11) is 0. The third-order valence-electron chi connectivity index (χ3n) is 3.53. The lowest BCUT2D eigenvalue weighted by atomic mass is 10.0. The van der Waals surface area contributed by atoms with Crippen molar-refractivity contribution in [3.8, 4) is 11.4 Å². The van der Waals surface area contributed by atoms with Crippen molar-refractivity contribution in [1.82, 2.24) is 15.3 Å². The van der Waals surface area contributed by atoms with E-state index >= 15 is 0 Å². The lowest BCUT2D eigenvalue weighted by molar-refractivity contribution is 0.617. The van der Waals surface area contributed by atoms with E-state index in [1.807, 2.05) is 0 Å². The molecule has 0 saturated carbocycles. The Morgan fingerprint density at radius 1 is 1.35 bits per heavy atom. The predicted molar refractivity (Wildman–Crippen MR) is 79.9 cm³/mol. The molecule has 1 N–H and O–H groups in total. The van der Waals surface area contributed by atoms with Gasteiger partial charge in [0.2, 0.25) is 0 Å². The van der Waals surface area contributed by atoms with Gasteiger partial charge in [-0.05, 0) is 40.5 Å². The number of nitrogens with one attached hydrogen (secondary N) is 1. The Bertz CT molecular complexity index is 641. The number of halogens is 2. The van der Waals surface area contributed by atoms with Gasteiger partial charge in [0.25, 0.3) is 0 Å². The van der Waals surface area contributed by atoms with Gasteiger partial charge in [0, 0.05) is 36.3 Å². The number of aromatic nitrogens is 2. The van der Waals surface area contributed by atoms with Crippen molar-refractivity contribution < 1.29 is 4.39 Å². The van der Waals surface area contributed by atoms with Gasteiger partial charge in [0.05, 0.1) is 10.2 Å². The summed E-state index contributed by atoms with van der Waals surface area (Å²) in [6.07, 6.45) is 1.79. The summed E-state index contributed by atoms with van der Waals surface area (Å²) in [6, 6.07) is 4.90. The lowest BCUT2D eigenvalue weighted by Crippen LogP contribution is -2.26. The highest BCUT2D eigenvalue weighted by molar-refractivity contribution is 9.10. The van der Waals surface area contributed by atoms with Crippen LogP contribution in [0.2, 0.25) is 0 Å². The molecule has 0 aliphatic carbocycles. The largest absolute Gasteiger partial charge is 0.312 e. The van der Waals surface area contributed by atoms with E-state index < -0.39 is 0 Å². The summed E-state index contributed by atoms with van der Waals surface area (Å²) in [5, 5.41) is 3.35. The van der Waals surface area contributed by atoms with Crippen molar-refractivity contribution in [1.29, 1.82) is 0 Å². The summed E-state index contributed by atoms with van der Waals surface area (Å²) in [6.45, 7) is 3.88. The highest BCUT2D eigenvalue weighted by Crippen LogP contribution is 2.25. The predicted octanol–water partition coefficient (Wildman–Crippen LogP) is 3.25. The fraction of sp³-hybridized carbons (Fsp3) is 0.333. The molecule has 3 nitrogen and oxygen atoms in total. The van der Waals surface area contributed by atoms with Gasteiger partial charge in [-0.1, -0.05) is 6.92 Å². The molecular formula is C15H15BrFN3. The van der Waals surface area contributed by atoms with Crippen molar-refractivity contribution in [2.45, 2.75) is 26.3 Å². The first-order valence-electron chi connectivity index (χ1n) is 6.74. The minimum absolute atomic E-state index is 0.272. The van der Waals surface area contributed by atoms with Crippen LogP contribution in [0.3, 0.4) is 0 Å². The SMILES string of the molecule is CCc1nc(-c2ccc(F)c(Br)c2)nc2c1CNCC2. The first-order chi connectivity index (χ1) is 9.69. The molecule has 0 amide bonds. The average molecular weight is 336 g/mol. The quantitative estimate of drug-likeness (QED) is 0.915. The second-order valence-corrected chi connectivity index (χ2v) is 5.68. The van der Waals surface area contributed by atoms with Crippen LogP contribution in [0.25, 0.3) is 11.4 Å². The van der Waals surface area contributed by atoms with Crippen LogP contribution >= 0.6 is 15.9 Å². The van der Waals surface area contributed by atoms with Gasteiger partial charge >= 0.3 is 0 Å². The molecule has 0 atom stereocenters. The Labute approximate surface area is 125 Å². The molecule has 0 saturated heterocycles. The summed E-state index contributed by atoms with van der Waals surface area (Å²) in [4.78, 5) is 9.32. The van der Waals surface area contributed by atoms with Crippen molar-refractivity contribution in [3.63, 3.8) is 0 Å². The number of hydrogen-bond donors (Lipinski definition) is 1. The van der Waals surface area contributed by atoms with E-state index in [-0.39, 0.29) is 5.82 Å². The average Bonchev–Trinajstić information content (AvgIpc) is 2.49. The van der Waals surface area contributed by atoms with Crippen LogP contribution < -0.4 is 5.32 Å². The van der Waals surface area contributed by atoms with E-state index in [1.165, 1.54) is 11.6 Å². The van der Waals surface area contributed by atoms with E-state index in [0.29, 0.717) is 10.3 Å². The summed E-state index contributed by atoms with van der Waals surface area (Å²) < 4.78 is 13.8. The Balaban J connectivity index is 2.11. The number of nitrogens with zero attached hydrogens (tertiary/aromatic N) is 2. The minimum Gasteiger partial charge on any atom is -0.312 e. The van der Waals surface area contributed by atoms with Crippen LogP contribution in [-0.2, 0) is 19.4 Å². The van der Waals surface area contributed by atoms with E-state index in [0.717, 1.165) is 42.9 Å². The molecule has 2 heterocycles. The minimum atomic E-state index is -0.272. The van der Waals surface area contributed by atoms with Crippen LogP contribution in [0.15, 0.2) is 22.7 Å². The molecule has 0 bridgehead atoms. The zero-order valence-corrected chi connectivity index (χ0v) is 12.8. The molecule has 1 aliphatic heterocycles. The van der Waals surface area contributed by atoms with Gasteiger partial charge in [-0.25, -0.2) is 14.4 Å². The number of hydrogen-bond acceptors (Lipinski definition) is 3. The van der Waals surface area contributed by atoms with E-state index in [9.17, 15) is 4.39 Å². The first-order valence-corrected chi connectivity index (χ1v) is 7.53. The molecule has 5 heteroatoms. The lowest BCUT2D eigenvalue weighted by Gasteiger charge is -2.19. The van der Waals surface area contributed by atoms with E-state index in [1.54, 1.807) is 12.1 Å². The van der Waals surface area contributed by atoms with Crippen LogP contribution in [0.4, 0.5) is 4.39 Å². The van der Waals surface area contributed by atoms with Gasteiger partial charge in [-0.2, -0.15) is 0 Å². The van der Waals surface area contributed by atoms with Crippen molar-refractivity contribution >= 4 is 15.9 Å². The second-order valence-electron chi connectivity index (χ2n) is 4.83. The molecule has 0 spiro atoms. The number of benzene rings is 1. The standard InChI is InChI=1S/C15H15BrFN3/c1-2-13-10-8-18-6-5-14(10)20-15(19-13)9-3-4-12(17)11(16)7-9/h3-4,7,18H,2,5-6,8H2,1H3. The first kappa shape index (κ1) is 13.6. The van der Waals surface area contributed by atoms with Crippen LogP contribution in [0.5, 0.6) is 0 Å². The zero-order chi connectivity index (χ0) is 14.1. The van der Waals surface area contributed by atoms with Crippen LogP contribution in [0.1, 0.15) is 23.9 Å². The van der Waals surface area contributed by atoms with Gasteiger partial charge in [-0.3, -0.25) is 0 Å². The second kappa shape index (κ2) is 5.58. The maximum Gasteiger partial charge on any atom is 0.159 e. The maximum atomic E-state index is 13.3. The summed E-state index contributed by atoms with van der Waals surface area (Å²) >= 11 is 3.21. The molecule has 0 fully saturated rings. The summed E-state index contributed by atoms with van der Waals surface area (Å²) in [5.41, 5.74) is 4.27. The Morgan fingerprint density at radius 2 is 2.20 bits per heavy atom. The molecule has 104 valence electrons. The molecular weight excluding hydrogens is 321 g/mol. The smallest absolute Gasteiger partial charge is 0.159 e. The van der Waals surface area contributed by atoms with Gasteiger partial charge in [-0.15, -0.1) is 0 Å². The Hall–Kier alpha value is -1.33. The molecule has 2 aromatic rings. The third kappa shape index (κ3) is 2.47.